The summed E-state index contributed by atoms with van der Waals surface area (Å²) in [5, 5.41) is 20.5. The fraction of sp³-hybridized carbons (Fsp3) is 0.429. The zero-order chi connectivity index (χ0) is 28.2. The summed E-state index contributed by atoms with van der Waals surface area (Å²) in [6.45, 7) is 11.9. The minimum atomic E-state index is -0.779. The quantitative estimate of drug-likeness (QED) is 0.151. The van der Waals surface area contributed by atoms with Gasteiger partial charge < -0.3 is 25.6 Å². The standard InChI is InChI=1S/C24H31N3O6.2C2H6/c1-16(24(30)27-31)20(25)9-10-23(29)26-21-7-3-4-8-22(21)33-15-18-12-17(6-5-11-28)13-19(14-18)32-2;2*1-2/h3-4,7-8,12-14,20,28,31H,1,5-6,9-11,15,25H2,2H3,(H,26,29)(H,27,30);2*1-2H3. The number of para-hydroxylation sites is 2. The summed E-state index contributed by atoms with van der Waals surface area (Å²) in [4.78, 5) is 23.8. The molecule has 0 saturated carbocycles. The number of anilines is 1. The summed E-state index contributed by atoms with van der Waals surface area (Å²) in [5.74, 6) is 0.127. The van der Waals surface area contributed by atoms with Gasteiger partial charge in [-0.25, -0.2) is 5.48 Å². The minimum Gasteiger partial charge on any atom is -0.497 e. The van der Waals surface area contributed by atoms with Gasteiger partial charge in [0.15, 0.2) is 0 Å². The van der Waals surface area contributed by atoms with Gasteiger partial charge in [-0.15, -0.1) is 0 Å². The Balaban J connectivity index is 0.00000308. The number of benzene rings is 2. The topological polar surface area (TPSA) is 143 Å². The molecule has 1 atom stereocenters. The summed E-state index contributed by atoms with van der Waals surface area (Å²) < 4.78 is 11.3. The number of nitrogens with two attached hydrogens (primary N) is 1. The van der Waals surface area contributed by atoms with Crippen LogP contribution < -0.4 is 26.0 Å². The van der Waals surface area contributed by atoms with E-state index in [0.29, 0.717) is 23.6 Å². The van der Waals surface area contributed by atoms with Crippen LogP contribution in [0.2, 0.25) is 0 Å². The first-order valence-corrected chi connectivity index (χ1v) is 12.6. The van der Waals surface area contributed by atoms with Gasteiger partial charge >= 0.3 is 0 Å². The number of aryl methyl sites for hydroxylation is 1. The molecule has 2 aromatic rings. The van der Waals surface area contributed by atoms with Gasteiger partial charge in [-0.3, -0.25) is 14.8 Å². The van der Waals surface area contributed by atoms with Crippen molar-refractivity contribution < 1.29 is 29.4 Å². The van der Waals surface area contributed by atoms with Crippen LogP contribution in [0.1, 0.15) is 58.1 Å². The normalized spacial score (nSPS) is 10.5. The Labute approximate surface area is 220 Å². The molecule has 0 aromatic heterocycles. The van der Waals surface area contributed by atoms with Crippen LogP contribution in [0.25, 0.3) is 0 Å². The molecule has 2 rings (SSSR count). The first-order valence-electron chi connectivity index (χ1n) is 12.6. The molecule has 37 heavy (non-hydrogen) atoms. The predicted molar refractivity (Wildman–Crippen MR) is 147 cm³/mol. The van der Waals surface area contributed by atoms with Crippen molar-refractivity contribution in [3.05, 3.63) is 65.7 Å². The molecule has 0 fully saturated rings. The lowest BCUT2D eigenvalue weighted by atomic mass is 10.0. The number of methoxy groups -OCH3 is 1. The lowest BCUT2D eigenvalue weighted by Crippen LogP contribution is -2.33. The molecule has 206 valence electrons. The summed E-state index contributed by atoms with van der Waals surface area (Å²) in [7, 11) is 1.60. The van der Waals surface area contributed by atoms with E-state index in [0.717, 1.165) is 17.5 Å². The monoisotopic (exact) mass is 517 g/mol. The van der Waals surface area contributed by atoms with Gasteiger partial charge in [0, 0.05) is 24.6 Å². The number of aliphatic hydroxyl groups is 1. The summed E-state index contributed by atoms with van der Waals surface area (Å²) >= 11 is 0. The van der Waals surface area contributed by atoms with Crippen LogP contribution in [-0.4, -0.2) is 41.9 Å². The van der Waals surface area contributed by atoms with Gasteiger partial charge in [-0.05, 0) is 54.7 Å². The highest BCUT2D eigenvalue weighted by Crippen LogP contribution is 2.26. The fourth-order valence-corrected chi connectivity index (χ4v) is 3.13. The molecule has 0 heterocycles. The summed E-state index contributed by atoms with van der Waals surface area (Å²) in [5.41, 5.74) is 9.75. The van der Waals surface area contributed by atoms with Crippen LogP contribution in [0.5, 0.6) is 11.5 Å². The SMILES string of the molecule is C=C(C(=O)NO)C(N)CCC(=O)Nc1ccccc1OCc1cc(CCCO)cc(OC)c1.CC.CC. The number of hydrogen-bond acceptors (Lipinski definition) is 7. The molecule has 0 aliphatic carbocycles. The minimum absolute atomic E-state index is 0.00863. The molecule has 0 aliphatic rings. The number of hydroxylamine groups is 1. The number of rotatable bonds is 13. The van der Waals surface area contributed by atoms with Crippen molar-refractivity contribution in [2.45, 2.75) is 66.0 Å². The van der Waals surface area contributed by atoms with Crippen LogP contribution in [0.15, 0.2) is 54.6 Å². The summed E-state index contributed by atoms with van der Waals surface area (Å²) in [6.07, 6.45) is 1.62. The van der Waals surface area contributed by atoms with Gasteiger partial charge in [0.05, 0.1) is 12.8 Å². The molecule has 0 bridgehead atoms. The Bertz CT molecular complexity index is 965. The van der Waals surface area contributed by atoms with E-state index < -0.39 is 11.9 Å². The third kappa shape index (κ3) is 12.4. The van der Waals surface area contributed by atoms with Gasteiger partial charge in [0.25, 0.3) is 5.91 Å². The second kappa shape index (κ2) is 19.7. The molecule has 6 N–H and O–H groups in total. The molecule has 0 spiro atoms. The maximum Gasteiger partial charge on any atom is 0.271 e. The van der Waals surface area contributed by atoms with E-state index in [1.165, 1.54) is 5.48 Å². The highest BCUT2D eigenvalue weighted by molar-refractivity contribution is 5.94. The third-order valence-electron chi connectivity index (χ3n) is 4.96. The summed E-state index contributed by atoms with van der Waals surface area (Å²) in [6, 6.07) is 12.1. The van der Waals surface area contributed by atoms with E-state index in [4.69, 9.17) is 25.5 Å². The fourth-order valence-electron chi connectivity index (χ4n) is 3.13. The van der Waals surface area contributed by atoms with Gasteiger partial charge in [-0.2, -0.15) is 0 Å². The number of aliphatic hydroxyl groups excluding tert-OH is 1. The molecule has 0 aliphatic heterocycles. The third-order valence-corrected chi connectivity index (χ3v) is 4.96. The zero-order valence-electron chi connectivity index (χ0n) is 22.7. The number of carbonyl (C=O) groups excluding carboxylic acids is 2. The molecule has 9 nitrogen and oxygen atoms in total. The molecule has 2 amide bonds. The Morgan fingerprint density at radius 1 is 1.08 bits per heavy atom. The van der Waals surface area contributed by atoms with E-state index >= 15 is 0 Å². The van der Waals surface area contributed by atoms with Crippen LogP contribution in [0, 0.1) is 0 Å². The van der Waals surface area contributed by atoms with E-state index in [1.54, 1.807) is 31.4 Å². The zero-order valence-corrected chi connectivity index (χ0v) is 22.7. The highest BCUT2D eigenvalue weighted by Gasteiger charge is 2.16. The number of ether oxygens (including phenoxy) is 2. The van der Waals surface area contributed by atoms with Crippen molar-refractivity contribution in [2.75, 3.05) is 19.0 Å². The Hall–Kier alpha value is -3.40. The Morgan fingerprint density at radius 2 is 1.73 bits per heavy atom. The number of nitrogens with one attached hydrogen (secondary N) is 2. The number of carbonyl (C=O) groups is 2. The van der Waals surface area contributed by atoms with Crippen molar-refractivity contribution in [3.8, 4) is 11.5 Å². The largest absolute Gasteiger partial charge is 0.497 e. The molecular formula is C28H43N3O6. The van der Waals surface area contributed by atoms with Gasteiger partial charge in [0.1, 0.15) is 18.1 Å². The van der Waals surface area contributed by atoms with Gasteiger partial charge in [-0.1, -0.05) is 52.5 Å². The van der Waals surface area contributed by atoms with Crippen molar-refractivity contribution >= 4 is 17.5 Å². The first kappa shape index (κ1) is 33.6. The van der Waals surface area contributed by atoms with Crippen molar-refractivity contribution in [3.63, 3.8) is 0 Å². The van der Waals surface area contributed by atoms with E-state index in [9.17, 15) is 9.59 Å². The first-order chi connectivity index (χ1) is 17.9. The van der Waals surface area contributed by atoms with E-state index in [1.807, 2.05) is 45.9 Å². The molecule has 1 unspecified atom stereocenters. The van der Waals surface area contributed by atoms with Crippen LogP contribution in [0.4, 0.5) is 5.69 Å². The second-order valence-electron chi connectivity index (χ2n) is 7.46. The van der Waals surface area contributed by atoms with Crippen LogP contribution in [0.3, 0.4) is 0 Å². The molecule has 0 saturated heterocycles. The van der Waals surface area contributed by atoms with E-state index in [2.05, 4.69) is 11.9 Å². The second-order valence-corrected chi connectivity index (χ2v) is 7.46. The Morgan fingerprint density at radius 3 is 2.35 bits per heavy atom. The molecule has 0 radical (unpaired) electrons. The van der Waals surface area contributed by atoms with Crippen LogP contribution in [-0.2, 0) is 22.6 Å². The van der Waals surface area contributed by atoms with E-state index in [-0.39, 0.29) is 37.5 Å². The molecule has 9 heteroatoms. The average molecular weight is 518 g/mol. The smallest absolute Gasteiger partial charge is 0.271 e. The number of hydrogen-bond donors (Lipinski definition) is 5. The lowest BCUT2D eigenvalue weighted by molar-refractivity contribution is -0.125. The average Bonchev–Trinajstić information content (AvgIpc) is 2.95. The van der Waals surface area contributed by atoms with Crippen LogP contribution >= 0.6 is 0 Å². The Kier molecular flexibility index (Phi) is 17.9. The van der Waals surface area contributed by atoms with Gasteiger partial charge in [0.2, 0.25) is 5.91 Å². The molecular weight excluding hydrogens is 474 g/mol. The van der Waals surface area contributed by atoms with Crippen molar-refractivity contribution in [1.82, 2.24) is 5.48 Å². The molecule has 2 aromatic carbocycles. The van der Waals surface area contributed by atoms with Crippen molar-refractivity contribution in [1.29, 1.82) is 0 Å². The maximum absolute atomic E-state index is 12.4. The van der Waals surface area contributed by atoms with Crippen molar-refractivity contribution in [2.24, 2.45) is 5.73 Å². The highest BCUT2D eigenvalue weighted by atomic mass is 16.5. The number of amides is 2. The lowest BCUT2D eigenvalue weighted by Gasteiger charge is -2.15. The maximum atomic E-state index is 12.4. The predicted octanol–water partition coefficient (Wildman–Crippen LogP) is 4.36.